The van der Waals surface area contributed by atoms with E-state index in [9.17, 15) is 9.59 Å². The van der Waals surface area contributed by atoms with E-state index in [1.807, 2.05) is 0 Å². The molecule has 0 N–H and O–H groups in total. The van der Waals surface area contributed by atoms with Gasteiger partial charge in [0.1, 0.15) is 12.4 Å². The largest absolute Gasteiger partial charge is 0.362 e. The van der Waals surface area contributed by atoms with E-state index in [4.69, 9.17) is 4.74 Å². The van der Waals surface area contributed by atoms with Crippen LogP contribution in [0.15, 0.2) is 23.3 Å². The van der Waals surface area contributed by atoms with E-state index in [1.165, 1.54) is 11.1 Å². The Kier molecular flexibility index (Phi) is 5.61. The molecule has 3 nitrogen and oxygen atoms in total. The summed E-state index contributed by atoms with van der Waals surface area (Å²) in [5.41, 5.74) is 2.44. The van der Waals surface area contributed by atoms with Gasteiger partial charge in [-0.25, -0.2) is 0 Å². The summed E-state index contributed by atoms with van der Waals surface area (Å²) in [4.78, 5) is 22.9. The molecule has 0 aromatic rings. The fourth-order valence-electron chi connectivity index (χ4n) is 4.24. The summed E-state index contributed by atoms with van der Waals surface area (Å²) < 4.78 is 6.04. The van der Waals surface area contributed by atoms with Crippen LogP contribution >= 0.6 is 0 Å². The first-order chi connectivity index (χ1) is 10.8. The lowest BCUT2D eigenvalue weighted by molar-refractivity contribution is -0.131. The maximum atomic E-state index is 11.6. The molecule has 0 aromatic heterocycles. The van der Waals surface area contributed by atoms with Crippen LogP contribution in [0.1, 0.15) is 60.3 Å². The van der Waals surface area contributed by atoms with Crippen LogP contribution in [0.3, 0.4) is 0 Å². The first kappa shape index (κ1) is 18.1. The van der Waals surface area contributed by atoms with Gasteiger partial charge in [-0.2, -0.15) is 0 Å². The van der Waals surface area contributed by atoms with Crippen molar-refractivity contribution in [3.63, 3.8) is 0 Å². The predicted octanol–water partition coefficient (Wildman–Crippen LogP) is 4.27. The molecule has 1 aliphatic heterocycles. The van der Waals surface area contributed by atoms with Gasteiger partial charge in [-0.3, -0.25) is 4.79 Å². The molecule has 1 heterocycles. The number of Topliss-reactive ketones (excluding diaryl/α,β-unsaturated/α-hetero) is 1. The van der Waals surface area contributed by atoms with Crippen molar-refractivity contribution in [2.75, 3.05) is 0 Å². The zero-order chi connectivity index (χ0) is 17.2. The maximum absolute atomic E-state index is 11.6. The van der Waals surface area contributed by atoms with Crippen LogP contribution in [0.25, 0.3) is 0 Å². The van der Waals surface area contributed by atoms with Gasteiger partial charge in [0.15, 0.2) is 5.78 Å². The Labute approximate surface area is 140 Å². The Balaban J connectivity index is 2.18. The van der Waals surface area contributed by atoms with E-state index in [0.717, 1.165) is 19.1 Å². The molecule has 0 saturated carbocycles. The summed E-state index contributed by atoms with van der Waals surface area (Å²) in [5, 5.41) is 0. The lowest BCUT2D eigenvalue weighted by Gasteiger charge is -2.38. The van der Waals surface area contributed by atoms with E-state index in [0.29, 0.717) is 24.7 Å². The number of aldehydes is 1. The third-order valence-corrected chi connectivity index (χ3v) is 5.83. The van der Waals surface area contributed by atoms with E-state index >= 15 is 0 Å². The molecule has 0 bridgehead atoms. The number of allylic oxidation sites excluding steroid dienone is 1. The molecule has 1 aliphatic carbocycles. The molecular formula is C20H30O3. The molecular weight excluding hydrogens is 288 g/mol. The van der Waals surface area contributed by atoms with Gasteiger partial charge in [-0.05, 0) is 55.9 Å². The fraction of sp³-hybridized carbons (Fsp3) is 0.700. The quantitative estimate of drug-likeness (QED) is 0.542. The van der Waals surface area contributed by atoms with Crippen molar-refractivity contribution in [1.29, 1.82) is 0 Å². The first-order valence-electron chi connectivity index (χ1n) is 8.75. The minimum absolute atomic E-state index is 0.0409. The zero-order valence-electron chi connectivity index (χ0n) is 15.1. The summed E-state index contributed by atoms with van der Waals surface area (Å²) in [6, 6.07) is 0. The number of hydrogen-bond donors (Lipinski definition) is 0. The van der Waals surface area contributed by atoms with Crippen LogP contribution in [0, 0.1) is 17.3 Å². The average molecular weight is 318 g/mol. The van der Waals surface area contributed by atoms with Crippen molar-refractivity contribution in [1.82, 2.24) is 0 Å². The predicted molar refractivity (Wildman–Crippen MR) is 92.1 cm³/mol. The Morgan fingerprint density at radius 2 is 2.09 bits per heavy atom. The standard InChI is InChI=1S/C20H30O3/c1-13(2)17-8-7-16(20(17,5)10-11-21)12-19-14(3)6-9-18(23-19)15(4)22/h6-7,11,13,17-19H,8-10,12H2,1-5H3/t17-,18-,19+,20+/m0/s1. The van der Waals surface area contributed by atoms with Crippen LogP contribution < -0.4 is 0 Å². The average Bonchev–Trinajstić information content (AvgIpc) is 2.78. The second kappa shape index (κ2) is 7.12. The highest BCUT2D eigenvalue weighted by Gasteiger charge is 2.43. The second-order valence-corrected chi connectivity index (χ2v) is 7.72. The molecule has 0 saturated heterocycles. The number of hydrogen-bond acceptors (Lipinski definition) is 3. The summed E-state index contributed by atoms with van der Waals surface area (Å²) >= 11 is 0. The molecule has 0 radical (unpaired) electrons. The van der Waals surface area contributed by atoms with E-state index in [1.54, 1.807) is 6.92 Å². The number of ether oxygens (including phenoxy) is 1. The smallest absolute Gasteiger partial charge is 0.158 e. The monoisotopic (exact) mass is 318 g/mol. The summed E-state index contributed by atoms with van der Waals surface area (Å²) in [6.07, 6.45) is 8.20. The molecule has 128 valence electrons. The highest BCUT2D eigenvalue weighted by molar-refractivity contribution is 5.80. The van der Waals surface area contributed by atoms with Crippen LogP contribution in [-0.4, -0.2) is 24.3 Å². The Morgan fingerprint density at radius 1 is 1.39 bits per heavy atom. The molecule has 0 aromatic carbocycles. The maximum Gasteiger partial charge on any atom is 0.158 e. The Bertz CT molecular complexity index is 529. The number of carbonyl (C=O) groups excluding carboxylic acids is 2. The van der Waals surface area contributed by atoms with Crippen LogP contribution in [-0.2, 0) is 14.3 Å². The van der Waals surface area contributed by atoms with Crippen molar-refractivity contribution < 1.29 is 14.3 Å². The third-order valence-electron chi connectivity index (χ3n) is 5.83. The molecule has 0 unspecified atom stereocenters. The molecule has 0 spiro atoms. The normalized spacial score (nSPS) is 34.3. The summed E-state index contributed by atoms with van der Waals surface area (Å²) in [7, 11) is 0. The van der Waals surface area contributed by atoms with Crippen molar-refractivity contribution in [2.24, 2.45) is 17.3 Å². The molecule has 2 rings (SSSR count). The van der Waals surface area contributed by atoms with Gasteiger partial charge in [0.05, 0.1) is 6.10 Å². The third kappa shape index (κ3) is 3.65. The molecule has 2 aliphatic rings. The Morgan fingerprint density at radius 3 is 2.65 bits per heavy atom. The minimum Gasteiger partial charge on any atom is -0.362 e. The summed E-state index contributed by atoms with van der Waals surface area (Å²) in [5.74, 6) is 1.14. The fourth-order valence-corrected chi connectivity index (χ4v) is 4.24. The van der Waals surface area contributed by atoms with E-state index in [2.05, 4.69) is 39.8 Å². The number of carbonyl (C=O) groups is 2. The highest BCUT2D eigenvalue weighted by Crippen LogP contribution is 2.51. The second-order valence-electron chi connectivity index (χ2n) is 7.72. The van der Waals surface area contributed by atoms with Gasteiger partial charge >= 0.3 is 0 Å². The van der Waals surface area contributed by atoms with Crippen molar-refractivity contribution in [3.8, 4) is 0 Å². The number of rotatable bonds is 6. The van der Waals surface area contributed by atoms with Gasteiger partial charge in [0.25, 0.3) is 0 Å². The summed E-state index contributed by atoms with van der Waals surface area (Å²) in [6.45, 7) is 10.4. The van der Waals surface area contributed by atoms with Crippen LogP contribution in [0.2, 0.25) is 0 Å². The lowest BCUT2D eigenvalue weighted by Crippen LogP contribution is -2.35. The van der Waals surface area contributed by atoms with E-state index < -0.39 is 0 Å². The lowest BCUT2D eigenvalue weighted by atomic mass is 9.67. The topological polar surface area (TPSA) is 43.4 Å². The van der Waals surface area contributed by atoms with Gasteiger partial charge in [-0.1, -0.05) is 38.5 Å². The molecule has 23 heavy (non-hydrogen) atoms. The number of ketones is 1. The molecule has 3 heteroatoms. The van der Waals surface area contributed by atoms with Gasteiger partial charge in [-0.15, -0.1) is 0 Å². The van der Waals surface area contributed by atoms with Gasteiger partial charge in [0.2, 0.25) is 0 Å². The van der Waals surface area contributed by atoms with Crippen LogP contribution in [0.5, 0.6) is 0 Å². The van der Waals surface area contributed by atoms with E-state index in [-0.39, 0.29) is 23.4 Å². The molecule has 0 fully saturated rings. The van der Waals surface area contributed by atoms with Crippen molar-refractivity contribution >= 4 is 12.1 Å². The van der Waals surface area contributed by atoms with Gasteiger partial charge in [0, 0.05) is 6.42 Å². The Hall–Kier alpha value is -1.22. The highest BCUT2D eigenvalue weighted by atomic mass is 16.5. The van der Waals surface area contributed by atoms with Crippen molar-refractivity contribution in [2.45, 2.75) is 72.5 Å². The SMILES string of the molecule is CC(=O)[C@@H]1CC=C(C)[C@@H](CC2=CC[C@@H](C(C)C)[C@]2(C)CC=O)O1. The minimum atomic E-state index is -0.316. The first-order valence-corrected chi connectivity index (χ1v) is 8.75. The zero-order valence-corrected chi connectivity index (χ0v) is 15.1. The molecule has 4 atom stereocenters. The van der Waals surface area contributed by atoms with Crippen LogP contribution in [0.4, 0.5) is 0 Å². The molecule has 0 amide bonds. The van der Waals surface area contributed by atoms with Crippen molar-refractivity contribution in [3.05, 3.63) is 23.3 Å². The van der Waals surface area contributed by atoms with Gasteiger partial charge < -0.3 is 9.53 Å².